The Morgan fingerprint density at radius 3 is 2.94 bits per heavy atom. The van der Waals surface area contributed by atoms with Gasteiger partial charge in [0.2, 0.25) is 0 Å². The molecular formula is C13H17FN2O. The van der Waals surface area contributed by atoms with E-state index in [1.165, 1.54) is 18.2 Å². The van der Waals surface area contributed by atoms with Crippen LogP contribution in [0.4, 0.5) is 4.39 Å². The van der Waals surface area contributed by atoms with E-state index in [9.17, 15) is 4.39 Å². The summed E-state index contributed by atoms with van der Waals surface area (Å²) in [6.07, 6.45) is 2.00. The van der Waals surface area contributed by atoms with Crippen LogP contribution in [-0.4, -0.2) is 20.3 Å². The van der Waals surface area contributed by atoms with Crippen LogP contribution < -0.4 is 5.32 Å². The maximum Gasteiger partial charge on any atom is 0.123 e. The molecule has 3 nitrogen and oxygen atoms in total. The fraction of sp³-hybridized carbons (Fsp3) is 0.462. The van der Waals surface area contributed by atoms with Gasteiger partial charge in [-0.25, -0.2) is 4.39 Å². The molecule has 1 aromatic rings. The van der Waals surface area contributed by atoms with Crippen LogP contribution in [0.1, 0.15) is 24.0 Å². The van der Waals surface area contributed by atoms with Gasteiger partial charge in [0.1, 0.15) is 5.82 Å². The molecule has 0 fully saturated rings. The number of ether oxygens (including phenoxy) is 1. The molecule has 0 bridgehead atoms. The normalized spacial score (nSPS) is 10.2. The second-order valence-electron chi connectivity index (χ2n) is 3.79. The van der Waals surface area contributed by atoms with E-state index in [0.717, 1.165) is 26.0 Å². The number of rotatable bonds is 7. The monoisotopic (exact) mass is 236 g/mol. The van der Waals surface area contributed by atoms with Crippen molar-refractivity contribution in [2.45, 2.75) is 19.4 Å². The highest BCUT2D eigenvalue weighted by Crippen LogP contribution is 2.10. The maximum atomic E-state index is 13.0. The van der Waals surface area contributed by atoms with Gasteiger partial charge in [0.05, 0.1) is 11.6 Å². The van der Waals surface area contributed by atoms with Crippen molar-refractivity contribution in [1.82, 2.24) is 5.32 Å². The molecule has 0 atom stereocenters. The topological polar surface area (TPSA) is 45.0 Å². The van der Waals surface area contributed by atoms with Crippen LogP contribution in [0, 0.1) is 17.1 Å². The first-order chi connectivity index (χ1) is 8.27. The molecule has 17 heavy (non-hydrogen) atoms. The SMILES string of the molecule is COCCCCNCc1cc(F)ccc1C#N. The van der Waals surface area contributed by atoms with Crippen LogP contribution in [0.25, 0.3) is 0 Å². The van der Waals surface area contributed by atoms with Gasteiger partial charge >= 0.3 is 0 Å². The zero-order valence-electron chi connectivity index (χ0n) is 10.0. The third-order valence-corrected chi connectivity index (χ3v) is 2.46. The Hall–Kier alpha value is -1.44. The third-order valence-electron chi connectivity index (χ3n) is 2.46. The highest BCUT2D eigenvalue weighted by Gasteiger charge is 2.02. The van der Waals surface area contributed by atoms with Crippen molar-refractivity contribution >= 4 is 0 Å². The van der Waals surface area contributed by atoms with Gasteiger partial charge in [-0.05, 0) is 43.1 Å². The number of nitrogens with zero attached hydrogens (tertiary/aromatic N) is 1. The molecule has 0 aromatic heterocycles. The van der Waals surface area contributed by atoms with E-state index in [2.05, 4.69) is 11.4 Å². The Kier molecular flexibility index (Phi) is 6.23. The van der Waals surface area contributed by atoms with E-state index >= 15 is 0 Å². The third kappa shape index (κ3) is 4.94. The molecule has 0 unspecified atom stereocenters. The number of methoxy groups -OCH3 is 1. The number of nitrogens with one attached hydrogen (secondary N) is 1. The second-order valence-corrected chi connectivity index (χ2v) is 3.79. The average molecular weight is 236 g/mol. The lowest BCUT2D eigenvalue weighted by Crippen LogP contribution is -2.16. The lowest BCUT2D eigenvalue weighted by atomic mass is 10.1. The molecule has 0 spiro atoms. The maximum absolute atomic E-state index is 13.0. The lowest BCUT2D eigenvalue weighted by molar-refractivity contribution is 0.192. The molecule has 1 rings (SSSR count). The van der Waals surface area contributed by atoms with Gasteiger partial charge in [-0.15, -0.1) is 0 Å². The minimum atomic E-state index is -0.305. The van der Waals surface area contributed by atoms with Crippen LogP contribution >= 0.6 is 0 Å². The summed E-state index contributed by atoms with van der Waals surface area (Å²) >= 11 is 0. The summed E-state index contributed by atoms with van der Waals surface area (Å²) in [5, 5.41) is 12.1. The van der Waals surface area contributed by atoms with E-state index in [1.807, 2.05) is 0 Å². The van der Waals surface area contributed by atoms with Crippen molar-refractivity contribution in [3.63, 3.8) is 0 Å². The number of hydrogen-bond donors (Lipinski definition) is 1. The van der Waals surface area contributed by atoms with Crippen molar-refractivity contribution < 1.29 is 9.13 Å². The number of benzene rings is 1. The molecule has 0 heterocycles. The molecule has 0 aliphatic heterocycles. The second kappa shape index (κ2) is 7.77. The molecule has 0 aliphatic carbocycles. The molecule has 1 aromatic carbocycles. The Morgan fingerprint density at radius 1 is 1.41 bits per heavy atom. The molecule has 0 radical (unpaired) electrons. The minimum Gasteiger partial charge on any atom is -0.385 e. The first kappa shape index (κ1) is 13.6. The predicted molar refractivity (Wildman–Crippen MR) is 63.9 cm³/mol. The summed E-state index contributed by atoms with van der Waals surface area (Å²) in [5.41, 5.74) is 1.23. The van der Waals surface area contributed by atoms with Crippen molar-refractivity contribution in [2.75, 3.05) is 20.3 Å². The van der Waals surface area contributed by atoms with E-state index in [1.54, 1.807) is 7.11 Å². The van der Waals surface area contributed by atoms with Crippen molar-refractivity contribution in [3.8, 4) is 6.07 Å². The summed E-state index contributed by atoms with van der Waals surface area (Å²) in [6, 6.07) is 6.28. The van der Waals surface area contributed by atoms with Gasteiger partial charge < -0.3 is 10.1 Å². The Balaban J connectivity index is 2.36. The molecule has 0 saturated carbocycles. The highest BCUT2D eigenvalue weighted by molar-refractivity contribution is 5.37. The smallest absolute Gasteiger partial charge is 0.123 e. The Morgan fingerprint density at radius 2 is 2.24 bits per heavy atom. The van der Waals surface area contributed by atoms with Gasteiger partial charge in [0.15, 0.2) is 0 Å². The molecule has 92 valence electrons. The molecule has 0 saturated heterocycles. The van der Waals surface area contributed by atoms with Crippen LogP contribution in [0.5, 0.6) is 0 Å². The fourth-order valence-corrected chi connectivity index (χ4v) is 1.54. The zero-order valence-corrected chi connectivity index (χ0v) is 10.0. The minimum absolute atomic E-state index is 0.305. The van der Waals surface area contributed by atoms with E-state index in [0.29, 0.717) is 17.7 Å². The first-order valence-corrected chi connectivity index (χ1v) is 5.66. The number of halogens is 1. The Bertz CT molecular complexity index is 387. The van der Waals surface area contributed by atoms with Crippen molar-refractivity contribution in [3.05, 3.63) is 35.1 Å². The van der Waals surface area contributed by atoms with Crippen LogP contribution in [0.2, 0.25) is 0 Å². The predicted octanol–water partition coefficient (Wildman–Crippen LogP) is 2.21. The average Bonchev–Trinajstić information content (AvgIpc) is 2.34. The summed E-state index contributed by atoms with van der Waals surface area (Å²) in [7, 11) is 1.68. The molecule has 0 amide bonds. The van der Waals surface area contributed by atoms with Gasteiger partial charge in [-0.1, -0.05) is 0 Å². The van der Waals surface area contributed by atoms with Crippen molar-refractivity contribution in [1.29, 1.82) is 5.26 Å². The molecule has 1 N–H and O–H groups in total. The summed E-state index contributed by atoms with van der Waals surface area (Å²) in [6.45, 7) is 2.11. The zero-order chi connectivity index (χ0) is 12.5. The van der Waals surface area contributed by atoms with Gasteiger partial charge in [0, 0.05) is 20.3 Å². The highest BCUT2D eigenvalue weighted by atomic mass is 19.1. The van der Waals surface area contributed by atoms with Crippen molar-refractivity contribution in [2.24, 2.45) is 0 Å². The number of hydrogen-bond acceptors (Lipinski definition) is 3. The van der Waals surface area contributed by atoms with E-state index in [-0.39, 0.29) is 5.82 Å². The summed E-state index contributed by atoms with van der Waals surface area (Å²) in [4.78, 5) is 0. The van der Waals surface area contributed by atoms with Gasteiger partial charge in [-0.2, -0.15) is 5.26 Å². The molecular weight excluding hydrogens is 219 g/mol. The van der Waals surface area contributed by atoms with Crippen LogP contribution in [0.3, 0.4) is 0 Å². The summed E-state index contributed by atoms with van der Waals surface area (Å²) in [5.74, 6) is -0.305. The van der Waals surface area contributed by atoms with Gasteiger partial charge in [0.25, 0.3) is 0 Å². The first-order valence-electron chi connectivity index (χ1n) is 5.66. The van der Waals surface area contributed by atoms with Crippen LogP contribution in [-0.2, 0) is 11.3 Å². The number of nitriles is 1. The summed E-state index contributed by atoms with van der Waals surface area (Å²) < 4.78 is 17.9. The molecule has 4 heteroatoms. The molecule has 0 aliphatic rings. The van der Waals surface area contributed by atoms with E-state index in [4.69, 9.17) is 10.00 Å². The Labute approximate surface area is 101 Å². The quantitative estimate of drug-likeness (QED) is 0.738. The standard InChI is InChI=1S/C13H17FN2O/c1-17-7-3-2-6-16-10-12-8-13(14)5-4-11(12)9-15/h4-5,8,16H,2-3,6-7,10H2,1H3. The number of unbranched alkanes of at least 4 members (excludes halogenated alkanes) is 1. The van der Waals surface area contributed by atoms with Crippen LogP contribution in [0.15, 0.2) is 18.2 Å². The fourth-order valence-electron chi connectivity index (χ4n) is 1.54. The van der Waals surface area contributed by atoms with Gasteiger partial charge in [-0.3, -0.25) is 0 Å². The van der Waals surface area contributed by atoms with E-state index < -0.39 is 0 Å². The largest absolute Gasteiger partial charge is 0.385 e. The lowest BCUT2D eigenvalue weighted by Gasteiger charge is -2.06.